The number of carbonyl (C=O) groups excluding carboxylic acids is 1. The molecule has 1 aliphatic rings. The molecule has 1 radical (unpaired) electrons. The van der Waals surface area contributed by atoms with Gasteiger partial charge in [-0.25, -0.2) is 5.57 Å². The third-order valence-corrected chi connectivity index (χ3v) is 4.14. The van der Waals surface area contributed by atoms with Crippen LogP contribution in [0.3, 0.4) is 0 Å². The number of carbonyl (C=O) groups is 1. The van der Waals surface area contributed by atoms with Crippen LogP contribution in [0.15, 0.2) is 28.9 Å². The van der Waals surface area contributed by atoms with E-state index < -0.39 is 5.91 Å². The first-order chi connectivity index (χ1) is 11.1. The van der Waals surface area contributed by atoms with Gasteiger partial charge >= 0.3 is 26.2 Å². The van der Waals surface area contributed by atoms with Gasteiger partial charge in [-0.15, -0.1) is 6.92 Å². The predicted octanol–water partition coefficient (Wildman–Crippen LogP) is 0.0509. The number of nitrogens with one attached hydrogen (secondary N) is 1. The molecule has 0 aromatic heterocycles. The van der Waals surface area contributed by atoms with Gasteiger partial charge in [0.2, 0.25) is 0 Å². The molecule has 1 aromatic rings. The number of benzene rings is 1. The molecule has 0 saturated carbocycles. The van der Waals surface area contributed by atoms with Gasteiger partial charge in [-0.2, -0.15) is 11.1 Å². The first kappa shape index (κ1) is 34.4. The van der Waals surface area contributed by atoms with Crippen LogP contribution in [0.25, 0.3) is 5.73 Å². The molecule has 1 aromatic carbocycles. The molecule has 1 atom stereocenters. The van der Waals surface area contributed by atoms with Gasteiger partial charge in [0, 0.05) is 15.1 Å². The molecule has 2 rings (SSSR count). The van der Waals surface area contributed by atoms with Crippen molar-refractivity contribution in [1.29, 1.82) is 0 Å². The Labute approximate surface area is 200 Å². The van der Waals surface area contributed by atoms with Crippen LogP contribution in [0.4, 0.5) is 0 Å². The molecule has 0 spiro atoms. The number of hydrogen-bond donors (Lipinski definition) is 0. The van der Waals surface area contributed by atoms with Gasteiger partial charge in [-0.1, -0.05) is 57.5 Å². The van der Waals surface area contributed by atoms with Crippen LogP contribution in [0.1, 0.15) is 54.7 Å². The average molecular weight is 505 g/mol. The normalized spacial score (nSPS) is 14.1. The topological polar surface area (TPSA) is 40.9 Å². The van der Waals surface area contributed by atoms with Crippen LogP contribution in [0.5, 0.6) is 0 Å². The van der Waals surface area contributed by atoms with Crippen molar-refractivity contribution in [3.8, 4) is 0 Å². The van der Waals surface area contributed by atoms with Crippen LogP contribution in [-0.4, -0.2) is 15.4 Å². The summed E-state index contributed by atoms with van der Waals surface area (Å²) in [7, 11) is 0.750. The van der Waals surface area contributed by atoms with Crippen molar-refractivity contribution >= 4 is 15.4 Å². The van der Waals surface area contributed by atoms with Crippen molar-refractivity contribution in [1.82, 2.24) is 0 Å². The minimum atomic E-state index is -0.593. The number of aryl methyl sites for hydroxylation is 3. The molecule has 0 saturated heterocycles. The number of halogens is 2. The van der Waals surface area contributed by atoms with Gasteiger partial charge in [0.15, 0.2) is 0 Å². The van der Waals surface area contributed by atoms with E-state index in [2.05, 4.69) is 46.9 Å². The molecule has 0 heterocycles. The Bertz CT molecular complexity index is 635. The van der Waals surface area contributed by atoms with Gasteiger partial charge < -0.3 is 35.3 Å². The molecule has 1 N–H and O–H groups in total. The van der Waals surface area contributed by atoms with E-state index in [9.17, 15) is 4.79 Å². The summed E-state index contributed by atoms with van der Waals surface area (Å²) >= 11 is 0. The zero-order valence-electron chi connectivity index (χ0n) is 18.0. The van der Waals surface area contributed by atoms with Gasteiger partial charge in [-0.3, -0.25) is 6.08 Å². The molecule has 1 aliphatic carbocycles. The van der Waals surface area contributed by atoms with Crippen molar-refractivity contribution in [2.45, 2.75) is 61.6 Å². The van der Waals surface area contributed by atoms with E-state index in [-0.39, 0.29) is 51.0 Å². The molecular formula is C21H32Cl2NOSiZr. The van der Waals surface area contributed by atoms with E-state index in [1.165, 1.54) is 16.7 Å². The Morgan fingerprint density at radius 3 is 1.56 bits per heavy atom. The van der Waals surface area contributed by atoms with Crippen molar-refractivity contribution in [3.63, 3.8) is 0 Å². The summed E-state index contributed by atoms with van der Waals surface area (Å²) in [5.41, 5.74) is 14.7. The first-order valence-electron chi connectivity index (χ1n) is 8.42. The quantitative estimate of drug-likeness (QED) is 0.394. The van der Waals surface area contributed by atoms with Gasteiger partial charge in [0.05, 0.1) is 5.91 Å². The standard InChI is InChI=1S/C10H13NO.C9H13.C2H7Si.2ClH.Zr/c1-6-4-7(2)9(10(11)12)8(3)5-6;1-6-5-7(2)9(4)8(6)3;1-3-2;;;/h4-5H,1-3H3,(H2,11,12);6H,1-4H3;3H,1-2H3;2*1H;/q;-1;;;;+4/p-3. The smallest absolute Gasteiger partial charge is 1.00 e. The Kier molecular flexibility index (Phi) is 21.3. The average Bonchev–Trinajstić information content (AvgIpc) is 2.65. The predicted molar refractivity (Wildman–Crippen MR) is 108 cm³/mol. The number of rotatable bonds is 1. The summed E-state index contributed by atoms with van der Waals surface area (Å²) in [4.78, 5) is 10.9. The molecule has 0 bridgehead atoms. The van der Waals surface area contributed by atoms with Gasteiger partial charge in [0.1, 0.15) is 0 Å². The maximum Gasteiger partial charge on any atom is 4.00 e. The van der Waals surface area contributed by atoms with Crippen molar-refractivity contribution in [3.05, 3.63) is 62.9 Å². The van der Waals surface area contributed by atoms with E-state index in [0.717, 1.165) is 26.2 Å². The SMILES string of the molecule is CC1=[C-]C(C)C(C)=C1C.C[SiH]C.Cc1cc(C)c(C([NH-])=O)c(C)c1.[Cl-].[Cl-].[Zr+4]. The van der Waals surface area contributed by atoms with Crippen molar-refractivity contribution < 1.29 is 55.8 Å². The van der Waals surface area contributed by atoms with Crippen molar-refractivity contribution in [2.24, 2.45) is 5.92 Å². The Balaban J connectivity index is -0.000000159. The van der Waals surface area contributed by atoms with Crippen molar-refractivity contribution in [2.75, 3.05) is 0 Å². The molecule has 149 valence electrons. The summed E-state index contributed by atoms with van der Waals surface area (Å²) in [6.07, 6.45) is 3.36. The van der Waals surface area contributed by atoms with E-state index in [1.807, 2.05) is 32.9 Å². The molecule has 0 fully saturated rings. The molecule has 2 nitrogen and oxygen atoms in total. The third-order valence-electron chi connectivity index (χ3n) is 4.14. The second-order valence-electron chi connectivity index (χ2n) is 6.48. The molecule has 27 heavy (non-hydrogen) atoms. The van der Waals surface area contributed by atoms with Crippen LogP contribution in [-0.2, 0) is 26.2 Å². The fourth-order valence-electron chi connectivity index (χ4n) is 2.70. The molecule has 1 amide bonds. The van der Waals surface area contributed by atoms with Crippen LogP contribution in [0.2, 0.25) is 13.1 Å². The first-order valence-corrected chi connectivity index (χ1v) is 10.7. The molecular weight excluding hydrogens is 472 g/mol. The minimum Gasteiger partial charge on any atom is -1.00 e. The molecule has 0 aliphatic heterocycles. The fraction of sp³-hybridized carbons (Fsp3) is 0.476. The minimum absolute atomic E-state index is 0. The summed E-state index contributed by atoms with van der Waals surface area (Å²) < 4.78 is 0. The van der Waals surface area contributed by atoms with E-state index in [1.54, 1.807) is 0 Å². The van der Waals surface area contributed by atoms with Crippen LogP contribution >= 0.6 is 0 Å². The van der Waals surface area contributed by atoms with Crippen LogP contribution < -0.4 is 24.8 Å². The van der Waals surface area contributed by atoms with Crippen LogP contribution in [0, 0.1) is 32.8 Å². The summed E-state index contributed by atoms with van der Waals surface area (Å²) in [5.74, 6) is -0.0324. The number of hydrogen-bond acceptors (Lipinski definition) is 1. The Morgan fingerprint density at radius 1 is 1.00 bits per heavy atom. The Hall–Kier alpha value is -0.150. The van der Waals surface area contributed by atoms with E-state index in [0.29, 0.717) is 11.5 Å². The molecule has 1 unspecified atom stereocenters. The zero-order valence-corrected chi connectivity index (χ0v) is 23.1. The summed E-state index contributed by atoms with van der Waals surface area (Å²) in [6, 6.07) is 3.85. The number of amides is 1. The Morgan fingerprint density at radius 2 is 1.37 bits per heavy atom. The fourth-order valence-corrected chi connectivity index (χ4v) is 2.70. The monoisotopic (exact) mass is 502 g/mol. The number of allylic oxidation sites excluding steroid dienone is 4. The maximum absolute atomic E-state index is 10.9. The van der Waals surface area contributed by atoms with Gasteiger partial charge in [0.25, 0.3) is 0 Å². The second-order valence-corrected chi connectivity index (χ2v) is 7.63. The van der Waals surface area contributed by atoms with E-state index in [4.69, 9.17) is 5.73 Å². The largest absolute Gasteiger partial charge is 4.00 e. The van der Waals surface area contributed by atoms with Gasteiger partial charge in [-0.05, 0) is 31.9 Å². The summed E-state index contributed by atoms with van der Waals surface area (Å²) in [6.45, 7) is 18.8. The maximum atomic E-state index is 10.9. The summed E-state index contributed by atoms with van der Waals surface area (Å²) in [5, 5.41) is 0. The molecule has 6 heteroatoms. The second kappa shape index (κ2) is 16.8. The third kappa shape index (κ3) is 11.4. The van der Waals surface area contributed by atoms with E-state index >= 15 is 0 Å². The zero-order chi connectivity index (χ0) is 19.0.